The van der Waals surface area contributed by atoms with Gasteiger partial charge in [-0.05, 0) is 28.1 Å². The van der Waals surface area contributed by atoms with Gasteiger partial charge in [-0.1, -0.05) is 0 Å². The van der Waals surface area contributed by atoms with Crippen LogP contribution in [-0.4, -0.2) is 20.6 Å². The Morgan fingerprint density at radius 1 is 1.32 bits per heavy atom. The number of nitrogens with zero attached hydrogens (tertiary/aromatic N) is 3. The molecule has 0 saturated heterocycles. The number of aromatic nitrogens is 3. The van der Waals surface area contributed by atoms with Crippen molar-refractivity contribution >= 4 is 21.6 Å². The largest absolute Gasteiger partial charge is 0.408 e. The summed E-state index contributed by atoms with van der Waals surface area (Å²) in [5.74, 6) is 0. The molecule has 0 radical (unpaired) electrons. The molecule has 2 rings (SSSR count). The van der Waals surface area contributed by atoms with Crippen LogP contribution in [-0.2, 0) is 6.54 Å². The van der Waals surface area contributed by atoms with Crippen LogP contribution in [0.5, 0.6) is 0 Å². The molecule has 0 bridgehead atoms. The number of hydrogen-bond donors (Lipinski definition) is 1. The summed E-state index contributed by atoms with van der Waals surface area (Å²) < 4.78 is 38.5. The van der Waals surface area contributed by atoms with Crippen molar-refractivity contribution in [1.82, 2.24) is 14.5 Å². The molecule has 0 unspecified atom stereocenters. The molecule has 0 spiro atoms. The van der Waals surface area contributed by atoms with E-state index in [9.17, 15) is 18.0 Å². The Hall–Kier alpha value is -1.77. The fourth-order valence-corrected chi connectivity index (χ4v) is 1.77. The van der Waals surface area contributed by atoms with Crippen molar-refractivity contribution in [2.24, 2.45) is 0 Å². The van der Waals surface area contributed by atoms with Crippen LogP contribution in [0.25, 0.3) is 0 Å². The molecule has 0 aliphatic carbocycles. The predicted octanol–water partition coefficient (Wildman–Crippen LogP) is 2.24. The number of rotatable bonds is 3. The highest BCUT2D eigenvalue weighted by Gasteiger charge is 2.29. The average molecular weight is 337 g/mol. The molecule has 0 fully saturated rings. The topological polar surface area (TPSA) is 51.9 Å². The normalized spacial score (nSPS) is 11.6. The molecule has 0 saturated carbocycles. The second-order valence-electron chi connectivity index (χ2n) is 3.65. The lowest BCUT2D eigenvalue weighted by Gasteiger charge is -2.12. The first-order valence-electron chi connectivity index (χ1n) is 5.09. The van der Waals surface area contributed by atoms with E-state index in [0.29, 0.717) is 4.68 Å². The Morgan fingerprint density at radius 2 is 1.95 bits per heavy atom. The number of hydrogen-bond acceptors (Lipinski definition) is 3. The highest BCUT2D eigenvalue weighted by atomic mass is 79.9. The van der Waals surface area contributed by atoms with E-state index in [-0.39, 0.29) is 10.2 Å². The number of anilines is 1. The quantitative estimate of drug-likeness (QED) is 0.935. The van der Waals surface area contributed by atoms with Crippen LogP contribution in [0.4, 0.5) is 18.9 Å². The van der Waals surface area contributed by atoms with E-state index >= 15 is 0 Å². The average Bonchev–Trinajstić information content (AvgIpc) is 2.80. The Balaban J connectivity index is 2.30. The Bertz CT molecular complexity index is 621. The number of nitrogens with one attached hydrogen (secondary N) is 1. The monoisotopic (exact) mass is 336 g/mol. The molecule has 2 aromatic heterocycles. The van der Waals surface area contributed by atoms with Crippen LogP contribution < -0.4 is 11.0 Å². The van der Waals surface area contributed by atoms with Gasteiger partial charge in [0.25, 0.3) is 5.56 Å². The lowest BCUT2D eigenvalue weighted by atomic mass is 10.5. The molecular formula is C10H8BrF3N4O. The maximum absolute atomic E-state index is 12.2. The molecule has 2 aromatic rings. The van der Waals surface area contributed by atoms with Gasteiger partial charge in [-0.2, -0.15) is 18.3 Å². The van der Waals surface area contributed by atoms with Crippen LogP contribution in [0.15, 0.2) is 40.0 Å². The molecule has 19 heavy (non-hydrogen) atoms. The van der Waals surface area contributed by atoms with Crippen LogP contribution in [0, 0.1) is 0 Å². The van der Waals surface area contributed by atoms with E-state index in [4.69, 9.17) is 0 Å². The third-order valence-electron chi connectivity index (χ3n) is 2.17. The summed E-state index contributed by atoms with van der Waals surface area (Å²) in [7, 11) is 0. The van der Waals surface area contributed by atoms with E-state index in [0.717, 1.165) is 6.20 Å². The molecule has 0 aliphatic rings. The smallest absolute Gasteiger partial charge is 0.292 e. The van der Waals surface area contributed by atoms with Gasteiger partial charge in [0.05, 0.1) is 11.9 Å². The Labute approximate surface area is 113 Å². The number of alkyl halides is 3. The van der Waals surface area contributed by atoms with E-state index in [1.165, 1.54) is 4.68 Å². The molecule has 2 heterocycles. The minimum atomic E-state index is -4.49. The summed E-state index contributed by atoms with van der Waals surface area (Å²) in [6.45, 7) is -1.42. The molecule has 5 nitrogen and oxygen atoms in total. The third-order valence-corrected chi connectivity index (χ3v) is 2.93. The Morgan fingerprint density at radius 3 is 2.53 bits per heavy atom. The summed E-state index contributed by atoms with van der Waals surface area (Å²) in [6, 6.07) is 3.50. The minimum absolute atomic E-state index is 0.0135. The molecule has 0 aromatic carbocycles. The lowest BCUT2D eigenvalue weighted by Crippen LogP contribution is -2.31. The molecule has 102 valence electrons. The zero-order valence-electron chi connectivity index (χ0n) is 9.36. The van der Waals surface area contributed by atoms with Gasteiger partial charge in [0.2, 0.25) is 0 Å². The predicted molar refractivity (Wildman–Crippen MR) is 65.7 cm³/mol. The lowest BCUT2D eigenvalue weighted by molar-refractivity contribution is -0.143. The SMILES string of the molecule is O=c1c(Br)c(Nn2cccc2)cnn1CC(F)(F)F. The molecule has 0 aliphatic heterocycles. The summed E-state index contributed by atoms with van der Waals surface area (Å²) in [4.78, 5) is 11.7. The van der Waals surface area contributed by atoms with Crippen LogP contribution in [0.1, 0.15) is 0 Å². The van der Waals surface area contributed by atoms with Gasteiger partial charge in [-0.15, -0.1) is 0 Å². The van der Waals surface area contributed by atoms with E-state index < -0.39 is 18.3 Å². The molecule has 1 N–H and O–H groups in total. The van der Waals surface area contributed by atoms with Crippen molar-refractivity contribution in [3.63, 3.8) is 0 Å². The fraction of sp³-hybridized carbons (Fsp3) is 0.200. The molecule has 0 amide bonds. The van der Waals surface area contributed by atoms with Crippen molar-refractivity contribution in [2.75, 3.05) is 5.43 Å². The zero-order chi connectivity index (χ0) is 14.0. The first-order chi connectivity index (χ1) is 8.87. The zero-order valence-corrected chi connectivity index (χ0v) is 10.9. The molecule has 0 atom stereocenters. The van der Waals surface area contributed by atoms with Crippen molar-refractivity contribution < 1.29 is 13.2 Å². The van der Waals surface area contributed by atoms with Crippen molar-refractivity contribution in [2.45, 2.75) is 12.7 Å². The standard InChI is InChI=1S/C10H8BrF3N4O/c11-8-7(16-17-3-1-2-4-17)5-15-18(9(8)19)6-10(12,13)14/h1-5,16H,6H2. The van der Waals surface area contributed by atoms with Crippen LogP contribution in [0.3, 0.4) is 0 Å². The van der Waals surface area contributed by atoms with Crippen molar-refractivity contribution in [1.29, 1.82) is 0 Å². The van der Waals surface area contributed by atoms with E-state index in [1.54, 1.807) is 24.5 Å². The molecule has 9 heteroatoms. The summed E-state index contributed by atoms with van der Waals surface area (Å²) >= 11 is 2.97. The van der Waals surface area contributed by atoms with Gasteiger partial charge in [-0.25, -0.2) is 4.68 Å². The second kappa shape index (κ2) is 5.08. The Kier molecular flexibility index (Phi) is 3.65. The highest BCUT2D eigenvalue weighted by Crippen LogP contribution is 2.19. The van der Waals surface area contributed by atoms with Gasteiger partial charge < -0.3 is 0 Å². The minimum Gasteiger partial charge on any atom is -0.292 e. The summed E-state index contributed by atoms with van der Waals surface area (Å²) in [5, 5.41) is 3.48. The first-order valence-corrected chi connectivity index (χ1v) is 5.88. The van der Waals surface area contributed by atoms with Gasteiger partial charge in [0.15, 0.2) is 0 Å². The maximum atomic E-state index is 12.2. The maximum Gasteiger partial charge on any atom is 0.408 e. The third kappa shape index (κ3) is 3.37. The van der Waals surface area contributed by atoms with Crippen molar-refractivity contribution in [3.8, 4) is 0 Å². The second-order valence-corrected chi connectivity index (χ2v) is 4.45. The first kappa shape index (κ1) is 13.7. The van der Waals surface area contributed by atoms with Gasteiger partial charge >= 0.3 is 6.18 Å². The highest BCUT2D eigenvalue weighted by molar-refractivity contribution is 9.10. The van der Waals surface area contributed by atoms with E-state index in [2.05, 4.69) is 26.5 Å². The van der Waals surface area contributed by atoms with Gasteiger partial charge in [0.1, 0.15) is 11.0 Å². The van der Waals surface area contributed by atoms with E-state index in [1.807, 2.05) is 0 Å². The number of halogens is 4. The molecular weight excluding hydrogens is 329 g/mol. The fourth-order valence-electron chi connectivity index (χ4n) is 1.37. The summed E-state index contributed by atoms with van der Waals surface area (Å²) in [5.41, 5.74) is 2.22. The van der Waals surface area contributed by atoms with Crippen LogP contribution >= 0.6 is 15.9 Å². The van der Waals surface area contributed by atoms with Gasteiger partial charge in [-0.3, -0.25) is 14.9 Å². The van der Waals surface area contributed by atoms with Crippen molar-refractivity contribution in [3.05, 3.63) is 45.5 Å². The van der Waals surface area contributed by atoms with Gasteiger partial charge in [0, 0.05) is 12.4 Å². The van der Waals surface area contributed by atoms with Crippen LogP contribution in [0.2, 0.25) is 0 Å². The summed E-state index contributed by atoms with van der Waals surface area (Å²) in [6.07, 6.45) is 0.00420.